The van der Waals surface area contributed by atoms with Gasteiger partial charge in [0.1, 0.15) is 5.75 Å². The maximum absolute atomic E-state index is 11.9. The van der Waals surface area contributed by atoms with Crippen LogP contribution >= 0.6 is 0 Å². The van der Waals surface area contributed by atoms with Gasteiger partial charge in [-0.05, 0) is 55.5 Å². The molecule has 0 aliphatic carbocycles. The number of rotatable bonds is 7. The highest BCUT2D eigenvalue weighted by Crippen LogP contribution is 2.26. The molecule has 4 heteroatoms. The second kappa shape index (κ2) is 8.56. The van der Waals surface area contributed by atoms with Crippen molar-refractivity contribution in [2.75, 3.05) is 31.1 Å². The van der Waals surface area contributed by atoms with Gasteiger partial charge in [0.15, 0.2) is 6.61 Å². The fourth-order valence-electron chi connectivity index (χ4n) is 3.25. The minimum Gasteiger partial charge on any atom is -0.484 e. The summed E-state index contributed by atoms with van der Waals surface area (Å²) in [5.74, 6) is 0.667. The van der Waals surface area contributed by atoms with Gasteiger partial charge in [-0.1, -0.05) is 30.3 Å². The average molecular weight is 338 g/mol. The van der Waals surface area contributed by atoms with Crippen LogP contribution in [-0.2, 0) is 11.2 Å². The monoisotopic (exact) mass is 338 g/mol. The van der Waals surface area contributed by atoms with Crippen molar-refractivity contribution in [3.8, 4) is 5.75 Å². The van der Waals surface area contributed by atoms with Gasteiger partial charge in [-0.25, -0.2) is 0 Å². The molecule has 0 bridgehead atoms. The number of hydrogen-bond acceptors (Lipinski definition) is 3. The lowest BCUT2D eigenvalue weighted by Crippen LogP contribution is -2.34. The van der Waals surface area contributed by atoms with Gasteiger partial charge in [0, 0.05) is 25.3 Å². The third kappa shape index (κ3) is 4.99. The van der Waals surface area contributed by atoms with Crippen molar-refractivity contribution in [2.24, 2.45) is 0 Å². The Bertz CT molecular complexity index is 715. The van der Waals surface area contributed by atoms with E-state index < -0.39 is 0 Å². The molecule has 0 saturated heterocycles. The molecule has 0 fully saturated rings. The molecule has 1 aliphatic heterocycles. The molecule has 1 N–H and O–H groups in total. The Morgan fingerprint density at radius 2 is 2.08 bits per heavy atom. The number of carbonyl (C=O) groups excluding carboxylic acids is 1. The largest absolute Gasteiger partial charge is 0.484 e. The van der Waals surface area contributed by atoms with E-state index in [-0.39, 0.29) is 12.5 Å². The van der Waals surface area contributed by atoms with Crippen molar-refractivity contribution >= 4 is 11.6 Å². The third-order valence-corrected chi connectivity index (χ3v) is 4.49. The van der Waals surface area contributed by atoms with E-state index in [0.29, 0.717) is 6.54 Å². The molecule has 0 aromatic heterocycles. The molecule has 2 aromatic rings. The van der Waals surface area contributed by atoms with Gasteiger partial charge in [-0.3, -0.25) is 4.79 Å². The van der Waals surface area contributed by atoms with Crippen molar-refractivity contribution in [3.63, 3.8) is 0 Å². The first kappa shape index (κ1) is 17.3. The Balaban J connectivity index is 1.37. The number of fused-ring (bicyclic) bond motifs is 1. The lowest BCUT2D eigenvalue weighted by atomic mass is 10.0. The van der Waals surface area contributed by atoms with Crippen LogP contribution in [0.2, 0.25) is 0 Å². The van der Waals surface area contributed by atoms with Crippen LogP contribution in [0.4, 0.5) is 5.69 Å². The fraction of sp³-hybridized carbons (Fsp3) is 0.381. The predicted molar refractivity (Wildman–Crippen MR) is 101 cm³/mol. The molecule has 0 radical (unpaired) electrons. The van der Waals surface area contributed by atoms with Crippen LogP contribution in [0.15, 0.2) is 48.5 Å². The van der Waals surface area contributed by atoms with Gasteiger partial charge in [0.25, 0.3) is 5.91 Å². The molecule has 0 saturated carbocycles. The van der Waals surface area contributed by atoms with Crippen LogP contribution in [0.5, 0.6) is 5.75 Å². The highest BCUT2D eigenvalue weighted by atomic mass is 16.5. The van der Waals surface area contributed by atoms with Crippen LogP contribution in [0, 0.1) is 6.92 Å². The number of carbonyl (C=O) groups is 1. The standard InChI is InChI=1S/C21H26N2O2/c1-17-7-4-10-19(15-17)25-16-21(24)22-12-6-14-23-13-5-9-18-8-2-3-11-20(18)23/h2-4,7-8,10-11,15H,5-6,9,12-14,16H2,1H3,(H,22,24). The summed E-state index contributed by atoms with van der Waals surface area (Å²) < 4.78 is 5.52. The summed E-state index contributed by atoms with van der Waals surface area (Å²) in [6.45, 7) is 4.81. The van der Waals surface area contributed by atoms with E-state index in [0.717, 1.165) is 30.8 Å². The number of para-hydroxylation sites is 1. The summed E-state index contributed by atoms with van der Waals surface area (Å²) in [6, 6.07) is 16.4. The number of ether oxygens (including phenoxy) is 1. The zero-order valence-corrected chi connectivity index (χ0v) is 14.8. The SMILES string of the molecule is Cc1cccc(OCC(=O)NCCCN2CCCc3ccccc32)c1. The summed E-state index contributed by atoms with van der Waals surface area (Å²) in [5, 5.41) is 2.94. The summed E-state index contributed by atoms with van der Waals surface area (Å²) in [7, 11) is 0. The Labute approximate surface area is 149 Å². The van der Waals surface area contributed by atoms with Gasteiger partial charge in [-0.2, -0.15) is 0 Å². The molecule has 4 nitrogen and oxygen atoms in total. The minimum absolute atomic E-state index is 0.0655. The second-order valence-electron chi connectivity index (χ2n) is 6.53. The zero-order chi connectivity index (χ0) is 17.5. The number of aryl methyl sites for hydroxylation is 2. The highest BCUT2D eigenvalue weighted by molar-refractivity contribution is 5.77. The summed E-state index contributed by atoms with van der Waals surface area (Å²) >= 11 is 0. The second-order valence-corrected chi connectivity index (χ2v) is 6.53. The number of benzene rings is 2. The number of nitrogens with zero attached hydrogens (tertiary/aromatic N) is 1. The van der Waals surface area contributed by atoms with Crippen molar-refractivity contribution in [1.29, 1.82) is 0 Å². The molecule has 1 heterocycles. The normalized spacial score (nSPS) is 13.2. The van der Waals surface area contributed by atoms with Gasteiger partial charge in [0.2, 0.25) is 0 Å². The average Bonchev–Trinajstić information content (AvgIpc) is 2.64. The first-order valence-electron chi connectivity index (χ1n) is 9.01. The van der Waals surface area contributed by atoms with Gasteiger partial charge in [0.05, 0.1) is 0 Å². The lowest BCUT2D eigenvalue weighted by Gasteiger charge is -2.31. The van der Waals surface area contributed by atoms with E-state index in [1.807, 2.05) is 31.2 Å². The van der Waals surface area contributed by atoms with Crippen LogP contribution in [0.3, 0.4) is 0 Å². The van der Waals surface area contributed by atoms with E-state index in [1.165, 1.54) is 24.1 Å². The van der Waals surface area contributed by atoms with Gasteiger partial charge >= 0.3 is 0 Å². The Hall–Kier alpha value is -2.49. The number of nitrogens with one attached hydrogen (secondary N) is 1. The van der Waals surface area contributed by atoms with Crippen molar-refractivity contribution in [1.82, 2.24) is 5.32 Å². The Morgan fingerprint density at radius 1 is 1.20 bits per heavy atom. The van der Waals surface area contributed by atoms with E-state index in [2.05, 4.69) is 34.5 Å². The summed E-state index contributed by atoms with van der Waals surface area (Å²) in [5.41, 5.74) is 3.91. The van der Waals surface area contributed by atoms with Crippen molar-refractivity contribution in [3.05, 3.63) is 59.7 Å². The number of anilines is 1. The first-order chi connectivity index (χ1) is 12.2. The van der Waals surface area contributed by atoms with E-state index in [9.17, 15) is 4.79 Å². The molecular formula is C21H26N2O2. The van der Waals surface area contributed by atoms with Crippen LogP contribution in [0.25, 0.3) is 0 Å². The molecule has 132 valence electrons. The van der Waals surface area contributed by atoms with E-state index in [1.54, 1.807) is 0 Å². The van der Waals surface area contributed by atoms with E-state index in [4.69, 9.17) is 4.74 Å². The predicted octanol–water partition coefficient (Wildman–Crippen LogP) is 3.33. The van der Waals surface area contributed by atoms with Crippen LogP contribution < -0.4 is 15.0 Å². The third-order valence-electron chi connectivity index (χ3n) is 4.49. The van der Waals surface area contributed by atoms with Crippen molar-refractivity contribution in [2.45, 2.75) is 26.2 Å². The summed E-state index contributed by atoms with van der Waals surface area (Å²) in [4.78, 5) is 14.3. The topological polar surface area (TPSA) is 41.6 Å². The number of amides is 1. The fourth-order valence-corrected chi connectivity index (χ4v) is 3.25. The molecule has 25 heavy (non-hydrogen) atoms. The van der Waals surface area contributed by atoms with Gasteiger partial charge < -0.3 is 15.0 Å². The molecule has 0 unspecified atom stereocenters. The lowest BCUT2D eigenvalue weighted by molar-refractivity contribution is -0.123. The molecule has 0 atom stereocenters. The Kier molecular flexibility index (Phi) is 5.94. The molecule has 0 spiro atoms. The first-order valence-corrected chi connectivity index (χ1v) is 9.01. The smallest absolute Gasteiger partial charge is 0.257 e. The van der Waals surface area contributed by atoms with E-state index >= 15 is 0 Å². The molecule has 2 aromatic carbocycles. The Morgan fingerprint density at radius 3 is 2.96 bits per heavy atom. The van der Waals surface area contributed by atoms with Crippen LogP contribution in [-0.4, -0.2) is 32.1 Å². The maximum Gasteiger partial charge on any atom is 0.257 e. The maximum atomic E-state index is 11.9. The quantitative estimate of drug-likeness (QED) is 0.787. The molecular weight excluding hydrogens is 312 g/mol. The van der Waals surface area contributed by atoms with Gasteiger partial charge in [-0.15, -0.1) is 0 Å². The summed E-state index contributed by atoms with van der Waals surface area (Å²) in [6.07, 6.45) is 3.30. The molecule has 3 rings (SSSR count). The number of hydrogen-bond donors (Lipinski definition) is 1. The zero-order valence-electron chi connectivity index (χ0n) is 14.8. The minimum atomic E-state index is -0.0689. The van der Waals surface area contributed by atoms with Crippen LogP contribution in [0.1, 0.15) is 24.0 Å². The van der Waals surface area contributed by atoms with Crippen molar-refractivity contribution < 1.29 is 9.53 Å². The molecule has 1 amide bonds. The highest BCUT2D eigenvalue weighted by Gasteiger charge is 2.15. The molecule has 1 aliphatic rings.